The van der Waals surface area contributed by atoms with Crippen molar-refractivity contribution >= 4 is 22.5 Å². The number of aliphatic hydroxyl groups excluding tert-OH is 3. The first-order valence-corrected chi connectivity index (χ1v) is 13.8. The van der Waals surface area contributed by atoms with Gasteiger partial charge in [-0.3, -0.25) is 4.79 Å². The number of carboxylic acids is 1. The van der Waals surface area contributed by atoms with Gasteiger partial charge < -0.3 is 45.2 Å². The van der Waals surface area contributed by atoms with E-state index in [4.69, 9.17) is 9.47 Å². The Morgan fingerprint density at radius 1 is 1.05 bits per heavy atom. The smallest absolute Gasteiger partial charge is 0.335 e. The van der Waals surface area contributed by atoms with E-state index in [1.54, 1.807) is 6.92 Å². The fraction of sp³-hybridized carbons (Fsp3) is 0.419. The minimum absolute atomic E-state index is 0.000260. The molecule has 3 aromatic carbocycles. The van der Waals surface area contributed by atoms with Crippen molar-refractivity contribution in [3.05, 3.63) is 64.7 Å². The van der Waals surface area contributed by atoms with Gasteiger partial charge in [0.25, 0.3) is 0 Å². The third-order valence-corrected chi connectivity index (χ3v) is 8.66. The second-order valence-electron chi connectivity index (χ2n) is 11.2. The lowest BCUT2D eigenvalue weighted by Gasteiger charge is -2.54. The van der Waals surface area contributed by atoms with Gasteiger partial charge in [0.15, 0.2) is 5.78 Å². The second kappa shape index (κ2) is 11.2. The van der Waals surface area contributed by atoms with E-state index in [1.807, 2.05) is 30.3 Å². The molecule has 1 saturated carbocycles. The summed E-state index contributed by atoms with van der Waals surface area (Å²) in [5.41, 5.74) is -1.58. The van der Waals surface area contributed by atoms with Gasteiger partial charge in [0.05, 0.1) is 22.6 Å². The Kier molecular flexibility index (Phi) is 7.90. The fourth-order valence-corrected chi connectivity index (χ4v) is 6.18. The molecule has 42 heavy (non-hydrogen) atoms. The van der Waals surface area contributed by atoms with E-state index in [9.17, 15) is 45.3 Å². The van der Waals surface area contributed by atoms with Gasteiger partial charge in [-0.05, 0) is 49.8 Å². The number of hydrogen-bond acceptors (Lipinski definition) is 10. The molecule has 2 aliphatic rings. The molecule has 0 aromatic heterocycles. The van der Waals surface area contributed by atoms with Crippen molar-refractivity contribution in [2.45, 2.75) is 75.8 Å². The maximum absolute atomic E-state index is 13.3. The van der Waals surface area contributed by atoms with Crippen LogP contribution in [0.3, 0.4) is 0 Å². The summed E-state index contributed by atoms with van der Waals surface area (Å²) in [4.78, 5) is 25.3. The zero-order valence-corrected chi connectivity index (χ0v) is 23.1. The summed E-state index contributed by atoms with van der Waals surface area (Å²) in [6.45, 7) is 3.08. The summed E-state index contributed by atoms with van der Waals surface area (Å²) in [7, 11) is 0. The van der Waals surface area contributed by atoms with Gasteiger partial charge >= 0.3 is 5.97 Å². The number of phenols is 2. The predicted octanol–water partition coefficient (Wildman–Crippen LogP) is 2.42. The predicted molar refractivity (Wildman–Crippen MR) is 149 cm³/mol. The van der Waals surface area contributed by atoms with Crippen LogP contribution in [0.5, 0.6) is 17.2 Å². The van der Waals surface area contributed by atoms with Crippen LogP contribution in [0.1, 0.15) is 58.0 Å². The van der Waals surface area contributed by atoms with Gasteiger partial charge in [0, 0.05) is 17.4 Å². The van der Waals surface area contributed by atoms with Crippen molar-refractivity contribution in [3.63, 3.8) is 0 Å². The largest absolute Gasteiger partial charge is 0.507 e. The molecular formula is C31H34O11. The van der Waals surface area contributed by atoms with Crippen LogP contribution in [0.4, 0.5) is 0 Å². The Hall–Kier alpha value is -3.74. The number of aliphatic hydroxyl groups is 4. The molecule has 1 saturated heterocycles. The van der Waals surface area contributed by atoms with Crippen LogP contribution in [-0.4, -0.2) is 83.8 Å². The van der Waals surface area contributed by atoms with Gasteiger partial charge in [0.2, 0.25) is 6.29 Å². The standard InChI is InChI=1S/C31H34O11/c1-14-8-10-20(33)28-31(14,40)27(37)26(36)30(42-28)41-21-13-17(29(38)39)12-18-23(21)25(35)22(15(2)24(18)34)19(32)11-9-16-6-4-3-5-7-16/h3-7,12-14,20,26-28,30,33-37,40H,8-11H2,1-2H3,(H,38,39)/t14-,20-,26-,27-,28-,30+,31-/m1/s1. The third kappa shape index (κ3) is 4.87. The topological polar surface area (TPSA) is 194 Å². The van der Waals surface area contributed by atoms with E-state index < -0.39 is 65.5 Å². The van der Waals surface area contributed by atoms with E-state index in [-0.39, 0.29) is 46.1 Å². The maximum atomic E-state index is 13.3. The van der Waals surface area contributed by atoms with E-state index in [1.165, 1.54) is 6.92 Å². The molecule has 0 amide bonds. The number of Topliss-reactive ketones (excluding diaryl/α,β-unsaturated/α-hetero) is 1. The number of carbonyl (C=O) groups excluding carboxylic acids is 1. The summed E-state index contributed by atoms with van der Waals surface area (Å²) in [6.07, 6.45) is -6.94. The molecule has 1 aliphatic heterocycles. The zero-order valence-electron chi connectivity index (χ0n) is 23.1. The number of hydrogen-bond donors (Lipinski definition) is 7. The molecule has 3 aromatic rings. The zero-order chi connectivity index (χ0) is 30.5. The van der Waals surface area contributed by atoms with Gasteiger partial charge in [-0.25, -0.2) is 4.79 Å². The highest BCUT2D eigenvalue weighted by Crippen LogP contribution is 2.47. The van der Waals surface area contributed by atoms with Gasteiger partial charge in [-0.2, -0.15) is 0 Å². The lowest BCUT2D eigenvalue weighted by Crippen LogP contribution is -2.73. The minimum atomic E-state index is -1.99. The molecule has 7 atom stereocenters. The number of benzene rings is 3. The van der Waals surface area contributed by atoms with Crippen molar-refractivity contribution in [3.8, 4) is 17.2 Å². The monoisotopic (exact) mass is 582 g/mol. The van der Waals surface area contributed by atoms with Crippen LogP contribution >= 0.6 is 0 Å². The first-order valence-electron chi connectivity index (χ1n) is 13.8. The van der Waals surface area contributed by atoms with Crippen molar-refractivity contribution in [2.75, 3.05) is 0 Å². The van der Waals surface area contributed by atoms with Crippen molar-refractivity contribution < 1.29 is 54.8 Å². The fourth-order valence-electron chi connectivity index (χ4n) is 6.18. The molecule has 0 spiro atoms. The summed E-state index contributed by atoms with van der Waals surface area (Å²) >= 11 is 0. The van der Waals surface area contributed by atoms with Crippen molar-refractivity contribution in [2.24, 2.45) is 5.92 Å². The lowest BCUT2D eigenvalue weighted by molar-refractivity contribution is -0.343. The Balaban J connectivity index is 1.58. The normalized spacial score (nSPS) is 29.2. The van der Waals surface area contributed by atoms with Crippen LogP contribution in [-0.2, 0) is 11.2 Å². The molecule has 5 rings (SSSR count). The number of carboxylic acid groups (broad SMARTS) is 1. The van der Waals surface area contributed by atoms with E-state index in [2.05, 4.69) is 0 Å². The summed E-state index contributed by atoms with van der Waals surface area (Å²) in [6, 6.07) is 11.4. The number of aryl methyl sites for hydroxylation is 1. The van der Waals surface area contributed by atoms with Crippen LogP contribution in [0.2, 0.25) is 0 Å². The van der Waals surface area contributed by atoms with Gasteiger partial charge in [-0.1, -0.05) is 37.3 Å². The van der Waals surface area contributed by atoms with E-state index in [0.717, 1.165) is 17.7 Å². The Labute approximate surface area is 241 Å². The molecular weight excluding hydrogens is 548 g/mol. The van der Waals surface area contributed by atoms with Gasteiger partial charge in [-0.15, -0.1) is 0 Å². The Bertz CT molecular complexity index is 1520. The summed E-state index contributed by atoms with van der Waals surface area (Å²) in [5.74, 6) is -3.80. The number of carbonyl (C=O) groups is 2. The molecule has 11 nitrogen and oxygen atoms in total. The second-order valence-corrected chi connectivity index (χ2v) is 11.2. The molecule has 1 aliphatic carbocycles. The molecule has 7 N–H and O–H groups in total. The highest BCUT2D eigenvalue weighted by Gasteiger charge is 2.61. The number of aromatic carboxylic acids is 1. The van der Waals surface area contributed by atoms with Crippen LogP contribution < -0.4 is 4.74 Å². The first kappa shape index (κ1) is 29.7. The Morgan fingerprint density at radius 3 is 2.40 bits per heavy atom. The number of aromatic hydroxyl groups is 2. The molecule has 0 bridgehead atoms. The summed E-state index contributed by atoms with van der Waals surface area (Å²) < 4.78 is 11.6. The average molecular weight is 583 g/mol. The third-order valence-electron chi connectivity index (χ3n) is 8.66. The number of rotatable bonds is 7. The molecule has 0 radical (unpaired) electrons. The molecule has 2 fully saturated rings. The molecule has 0 unspecified atom stereocenters. The quantitative estimate of drug-likeness (QED) is 0.160. The number of fused-ring (bicyclic) bond motifs is 2. The van der Waals surface area contributed by atoms with Gasteiger partial charge in [0.1, 0.15) is 41.2 Å². The number of ether oxygens (including phenoxy) is 2. The highest BCUT2D eigenvalue weighted by molar-refractivity contribution is 6.11. The van der Waals surface area contributed by atoms with Crippen LogP contribution in [0, 0.1) is 12.8 Å². The summed E-state index contributed by atoms with van der Waals surface area (Å²) in [5, 5.41) is 75.5. The lowest BCUT2D eigenvalue weighted by atomic mass is 9.67. The van der Waals surface area contributed by atoms with Crippen molar-refractivity contribution in [1.82, 2.24) is 0 Å². The highest BCUT2D eigenvalue weighted by atomic mass is 16.7. The molecule has 1 heterocycles. The van der Waals surface area contributed by atoms with E-state index in [0.29, 0.717) is 12.8 Å². The number of ketones is 1. The first-order chi connectivity index (χ1) is 19.9. The van der Waals surface area contributed by atoms with Crippen molar-refractivity contribution in [1.29, 1.82) is 0 Å². The molecule has 224 valence electrons. The van der Waals surface area contributed by atoms with E-state index >= 15 is 0 Å². The SMILES string of the molecule is Cc1c(C(=O)CCc2ccccc2)c(O)c2c(O[C@H]3O[C@@H]4[C@H](O)CC[C@@H](C)[C@@]4(O)[C@H](O)[C@H]3O)cc(C(=O)O)cc2c1O. The Morgan fingerprint density at radius 2 is 1.74 bits per heavy atom. The average Bonchev–Trinajstić information content (AvgIpc) is 2.97. The van der Waals surface area contributed by atoms with Crippen LogP contribution in [0.15, 0.2) is 42.5 Å². The maximum Gasteiger partial charge on any atom is 0.335 e. The van der Waals surface area contributed by atoms with Crippen LogP contribution in [0.25, 0.3) is 10.8 Å². The minimum Gasteiger partial charge on any atom is -0.507 e. The number of phenolic OH excluding ortho intramolecular Hbond substituents is 2. The molecule has 11 heteroatoms.